The predicted molar refractivity (Wildman–Crippen MR) is 74.6 cm³/mol. The van der Waals surface area contributed by atoms with Crippen molar-refractivity contribution in [2.24, 2.45) is 0 Å². The minimum Gasteiger partial charge on any atom is -0.508 e. The molecule has 0 spiro atoms. The molecule has 0 saturated carbocycles. The Bertz CT molecular complexity index is 719. The second kappa shape index (κ2) is 5.51. The zero-order chi connectivity index (χ0) is 14.8. The predicted octanol–water partition coefficient (Wildman–Crippen LogP) is 1.88. The number of carboxylic acids is 1. The van der Waals surface area contributed by atoms with E-state index in [2.05, 4.69) is 4.72 Å². The Labute approximate surface area is 119 Å². The number of carboxylic acid groups (broad SMARTS) is 1. The van der Waals surface area contributed by atoms with Crippen LogP contribution in [0.3, 0.4) is 0 Å². The Kier molecular flexibility index (Phi) is 3.96. The van der Waals surface area contributed by atoms with Crippen molar-refractivity contribution in [3.05, 3.63) is 41.3 Å². The summed E-state index contributed by atoms with van der Waals surface area (Å²) >= 11 is 0.910. The highest BCUT2D eigenvalue weighted by molar-refractivity contribution is 7.94. The molecule has 0 fully saturated rings. The van der Waals surface area contributed by atoms with E-state index >= 15 is 0 Å². The Morgan fingerprint density at radius 3 is 2.40 bits per heavy atom. The number of hydrogen-bond acceptors (Lipinski definition) is 5. The van der Waals surface area contributed by atoms with Crippen LogP contribution in [0.15, 0.2) is 40.6 Å². The van der Waals surface area contributed by atoms with E-state index in [-0.39, 0.29) is 16.4 Å². The fraction of sp³-hybridized carbons (Fsp3) is 0.0833. The van der Waals surface area contributed by atoms with Gasteiger partial charge in [-0.3, -0.25) is 9.52 Å². The van der Waals surface area contributed by atoms with Gasteiger partial charge in [0.1, 0.15) is 9.96 Å². The first-order valence-corrected chi connectivity index (χ1v) is 7.79. The Morgan fingerprint density at radius 2 is 1.80 bits per heavy atom. The molecule has 0 aliphatic heterocycles. The molecule has 0 saturated heterocycles. The molecule has 1 aromatic carbocycles. The van der Waals surface area contributed by atoms with Crippen LogP contribution in [-0.4, -0.2) is 24.6 Å². The van der Waals surface area contributed by atoms with E-state index in [0.717, 1.165) is 11.3 Å². The van der Waals surface area contributed by atoms with E-state index in [1.54, 1.807) is 0 Å². The lowest BCUT2D eigenvalue weighted by Gasteiger charge is -2.05. The molecule has 8 heteroatoms. The number of sulfonamides is 1. The average molecular weight is 313 g/mol. The zero-order valence-corrected chi connectivity index (χ0v) is 11.7. The van der Waals surface area contributed by atoms with Crippen LogP contribution in [0.1, 0.15) is 4.88 Å². The maximum Gasteiger partial charge on any atom is 0.308 e. The number of aliphatic carboxylic acids is 1. The number of anilines is 1. The number of thiophene rings is 1. The smallest absolute Gasteiger partial charge is 0.308 e. The van der Waals surface area contributed by atoms with Crippen molar-refractivity contribution < 1.29 is 23.4 Å². The second-order valence-electron chi connectivity index (χ2n) is 3.94. The molecule has 0 radical (unpaired) electrons. The van der Waals surface area contributed by atoms with Crippen molar-refractivity contribution >= 4 is 33.0 Å². The van der Waals surface area contributed by atoms with Gasteiger partial charge in [0.2, 0.25) is 0 Å². The van der Waals surface area contributed by atoms with Crippen LogP contribution in [-0.2, 0) is 21.2 Å². The molecule has 1 aromatic heterocycles. The van der Waals surface area contributed by atoms with E-state index in [0.29, 0.717) is 10.6 Å². The van der Waals surface area contributed by atoms with E-state index < -0.39 is 16.0 Å². The molecule has 3 N–H and O–H groups in total. The third kappa shape index (κ3) is 3.49. The molecular formula is C12H11NO5S2. The number of hydrogen-bond donors (Lipinski definition) is 3. The molecule has 0 unspecified atom stereocenters. The zero-order valence-electron chi connectivity index (χ0n) is 10.1. The van der Waals surface area contributed by atoms with Crippen LogP contribution < -0.4 is 4.72 Å². The summed E-state index contributed by atoms with van der Waals surface area (Å²) in [5.74, 6) is -0.977. The van der Waals surface area contributed by atoms with Crippen LogP contribution in [0.5, 0.6) is 5.75 Å². The highest BCUT2D eigenvalue weighted by atomic mass is 32.2. The largest absolute Gasteiger partial charge is 0.508 e. The summed E-state index contributed by atoms with van der Waals surface area (Å²) in [5, 5.41) is 17.8. The average Bonchev–Trinajstić information content (AvgIpc) is 2.80. The fourth-order valence-electron chi connectivity index (χ4n) is 1.48. The van der Waals surface area contributed by atoms with Crippen molar-refractivity contribution in [2.45, 2.75) is 10.6 Å². The number of benzene rings is 1. The van der Waals surface area contributed by atoms with Crippen molar-refractivity contribution in [1.82, 2.24) is 0 Å². The van der Waals surface area contributed by atoms with Gasteiger partial charge in [-0.2, -0.15) is 0 Å². The molecule has 2 aromatic rings. The number of phenolic OH excluding ortho intramolecular Hbond substituents is 1. The summed E-state index contributed by atoms with van der Waals surface area (Å²) in [4.78, 5) is 11.0. The summed E-state index contributed by atoms with van der Waals surface area (Å²) in [7, 11) is -3.75. The number of rotatable bonds is 5. The SMILES string of the molecule is O=C(O)Cc1ccc(S(=O)(=O)Nc2ccc(O)cc2)s1. The summed E-state index contributed by atoms with van der Waals surface area (Å²) < 4.78 is 26.5. The van der Waals surface area contributed by atoms with Gasteiger partial charge in [0.05, 0.1) is 6.42 Å². The van der Waals surface area contributed by atoms with E-state index in [1.807, 2.05) is 0 Å². The molecule has 106 valence electrons. The first-order valence-electron chi connectivity index (χ1n) is 5.49. The van der Waals surface area contributed by atoms with Crippen molar-refractivity contribution in [3.63, 3.8) is 0 Å². The standard InChI is InChI=1S/C12H11NO5S2/c14-9-3-1-8(2-4-9)13-20(17,18)12-6-5-10(19-12)7-11(15)16/h1-6,13-14H,7H2,(H,15,16). The second-order valence-corrected chi connectivity index (χ2v) is 7.02. The number of aromatic hydroxyl groups is 1. The van der Waals surface area contributed by atoms with Gasteiger partial charge in [-0.25, -0.2) is 8.42 Å². The van der Waals surface area contributed by atoms with Crippen LogP contribution in [0.2, 0.25) is 0 Å². The maximum atomic E-state index is 12.1. The highest BCUT2D eigenvalue weighted by Gasteiger charge is 2.17. The van der Waals surface area contributed by atoms with Gasteiger partial charge in [0, 0.05) is 10.6 Å². The fourth-order valence-corrected chi connectivity index (χ4v) is 3.89. The van der Waals surface area contributed by atoms with Gasteiger partial charge in [0.25, 0.3) is 10.0 Å². The highest BCUT2D eigenvalue weighted by Crippen LogP contribution is 2.25. The Hall–Kier alpha value is -2.06. The van der Waals surface area contributed by atoms with Gasteiger partial charge >= 0.3 is 5.97 Å². The summed E-state index contributed by atoms with van der Waals surface area (Å²) in [6.07, 6.45) is -0.209. The summed E-state index contributed by atoms with van der Waals surface area (Å²) in [5.41, 5.74) is 0.316. The van der Waals surface area contributed by atoms with Gasteiger partial charge in [-0.05, 0) is 36.4 Å². The summed E-state index contributed by atoms with van der Waals surface area (Å²) in [6, 6.07) is 8.43. The van der Waals surface area contributed by atoms with Crippen LogP contribution in [0.4, 0.5) is 5.69 Å². The van der Waals surface area contributed by atoms with Gasteiger partial charge < -0.3 is 10.2 Å². The van der Waals surface area contributed by atoms with E-state index in [4.69, 9.17) is 10.2 Å². The molecule has 20 heavy (non-hydrogen) atoms. The molecule has 0 amide bonds. The monoisotopic (exact) mass is 313 g/mol. The lowest BCUT2D eigenvalue weighted by Crippen LogP contribution is -2.11. The summed E-state index contributed by atoms with van der Waals surface area (Å²) in [6.45, 7) is 0. The van der Waals surface area contributed by atoms with Crippen molar-refractivity contribution in [1.29, 1.82) is 0 Å². The third-order valence-corrected chi connectivity index (χ3v) is 5.31. The Balaban J connectivity index is 2.19. The number of phenols is 1. The molecule has 1 heterocycles. The molecule has 0 atom stereocenters. The topological polar surface area (TPSA) is 104 Å². The molecule has 6 nitrogen and oxygen atoms in total. The van der Waals surface area contributed by atoms with Crippen molar-refractivity contribution in [2.75, 3.05) is 4.72 Å². The lowest BCUT2D eigenvalue weighted by molar-refractivity contribution is -0.136. The number of carbonyl (C=O) groups is 1. The van der Waals surface area contributed by atoms with Gasteiger partial charge in [0.15, 0.2) is 0 Å². The molecule has 0 aliphatic rings. The molecular weight excluding hydrogens is 302 g/mol. The maximum absolute atomic E-state index is 12.1. The van der Waals surface area contributed by atoms with Crippen LogP contribution in [0.25, 0.3) is 0 Å². The molecule has 2 rings (SSSR count). The first-order chi connectivity index (χ1) is 9.37. The van der Waals surface area contributed by atoms with E-state index in [1.165, 1.54) is 36.4 Å². The number of nitrogens with one attached hydrogen (secondary N) is 1. The van der Waals surface area contributed by atoms with Crippen LogP contribution >= 0.6 is 11.3 Å². The third-order valence-electron chi connectivity index (χ3n) is 2.35. The minimum atomic E-state index is -3.75. The quantitative estimate of drug-likeness (QED) is 0.731. The normalized spacial score (nSPS) is 11.2. The van der Waals surface area contributed by atoms with Gasteiger partial charge in [-0.15, -0.1) is 11.3 Å². The first kappa shape index (κ1) is 14.4. The van der Waals surface area contributed by atoms with Gasteiger partial charge in [-0.1, -0.05) is 0 Å². The molecule has 0 bridgehead atoms. The minimum absolute atomic E-state index is 0.0350. The Morgan fingerprint density at radius 1 is 1.15 bits per heavy atom. The van der Waals surface area contributed by atoms with Crippen molar-refractivity contribution in [3.8, 4) is 5.75 Å². The lowest BCUT2D eigenvalue weighted by atomic mass is 10.3. The molecule has 0 aliphatic carbocycles. The van der Waals surface area contributed by atoms with E-state index in [9.17, 15) is 13.2 Å². The van der Waals surface area contributed by atoms with Crippen LogP contribution in [0, 0.1) is 0 Å².